The van der Waals surface area contributed by atoms with E-state index in [4.69, 9.17) is 0 Å². The van der Waals surface area contributed by atoms with Gasteiger partial charge >= 0.3 is 0 Å². The standard InChI is InChI=1S/C19H28N6O2/c1-2-10-24-14-19(7-6-16(24)26)8-12-23(13-9-19)18(27)15-5-3-4-11-25-17(15)20-21-22-25/h2,15H,1,3-14H2/t15-/m1/s1. The van der Waals surface area contributed by atoms with Gasteiger partial charge in [-0.05, 0) is 47.9 Å². The van der Waals surface area contributed by atoms with Crippen LogP contribution >= 0.6 is 0 Å². The zero-order valence-electron chi connectivity index (χ0n) is 15.8. The second-order valence-electron chi connectivity index (χ2n) is 8.20. The van der Waals surface area contributed by atoms with Crippen LogP contribution in [-0.2, 0) is 16.1 Å². The van der Waals surface area contributed by atoms with Gasteiger partial charge in [-0.15, -0.1) is 11.7 Å². The van der Waals surface area contributed by atoms with E-state index in [-0.39, 0.29) is 23.1 Å². The minimum Gasteiger partial charge on any atom is -0.342 e. The summed E-state index contributed by atoms with van der Waals surface area (Å²) in [5.74, 6) is 0.891. The van der Waals surface area contributed by atoms with Gasteiger partial charge in [0.1, 0.15) is 0 Å². The van der Waals surface area contributed by atoms with Crippen molar-refractivity contribution in [3.8, 4) is 0 Å². The van der Waals surface area contributed by atoms with Gasteiger partial charge in [0, 0.05) is 39.1 Å². The van der Waals surface area contributed by atoms with Crippen molar-refractivity contribution in [3.63, 3.8) is 0 Å². The monoisotopic (exact) mass is 372 g/mol. The number of piperidine rings is 2. The zero-order valence-corrected chi connectivity index (χ0v) is 15.8. The summed E-state index contributed by atoms with van der Waals surface area (Å²) in [4.78, 5) is 29.2. The maximum atomic E-state index is 13.2. The van der Waals surface area contributed by atoms with Gasteiger partial charge in [0.05, 0.1) is 5.92 Å². The molecule has 146 valence electrons. The molecule has 2 fully saturated rings. The number of nitrogens with zero attached hydrogens (tertiary/aromatic N) is 6. The fourth-order valence-electron chi connectivity index (χ4n) is 4.85. The average molecular weight is 372 g/mol. The molecule has 0 bridgehead atoms. The van der Waals surface area contributed by atoms with Crippen LogP contribution in [0.2, 0.25) is 0 Å². The Balaban J connectivity index is 1.41. The molecule has 0 radical (unpaired) electrons. The molecule has 0 aromatic carbocycles. The number of aromatic nitrogens is 4. The van der Waals surface area contributed by atoms with Crippen LogP contribution in [0.15, 0.2) is 12.7 Å². The molecule has 2 amide bonds. The molecule has 0 N–H and O–H groups in total. The highest BCUT2D eigenvalue weighted by Gasteiger charge is 2.42. The second-order valence-corrected chi connectivity index (χ2v) is 8.20. The van der Waals surface area contributed by atoms with Crippen molar-refractivity contribution in [2.75, 3.05) is 26.2 Å². The molecule has 3 aliphatic heterocycles. The molecule has 8 nitrogen and oxygen atoms in total. The van der Waals surface area contributed by atoms with E-state index < -0.39 is 0 Å². The number of amides is 2. The van der Waals surface area contributed by atoms with Crippen LogP contribution in [0.3, 0.4) is 0 Å². The maximum Gasteiger partial charge on any atom is 0.233 e. The predicted octanol–water partition coefficient (Wildman–Crippen LogP) is 1.36. The Bertz CT molecular complexity index is 722. The molecule has 3 aliphatic rings. The molecular formula is C19H28N6O2. The Morgan fingerprint density at radius 3 is 2.81 bits per heavy atom. The summed E-state index contributed by atoms with van der Waals surface area (Å²) in [7, 11) is 0. The first kappa shape index (κ1) is 18.1. The van der Waals surface area contributed by atoms with Crippen LogP contribution in [0, 0.1) is 5.41 Å². The van der Waals surface area contributed by atoms with Crippen molar-refractivity contribution < 1.29 is 9.59 Å². The van der Waals surface area contributed by atoms with Crippen molar-refractivity contribution in [2.24, 2.45) is 5.41 Å². The smallest absolute Gasteiger partial charge is 0.233 e. The highest BCUT2D eigenvalue weighted by molar-refractivity contribution is 5.83. The first-order valence-corrected chi connectivity index (χ1v) is 10.1. The first-order chi connectivity index (χ1) is 13.1. The van der Waals surface area contributed by atoms with E-state index >= 15 is 0 Å². The molecule has 2 saturated heterocycles. The molecule has 0 saturated carbocycles. The molecule has 4 heterocycles. The Labute approximate surface area is 159 Å². The molecule has 0 aliphatic carbocycles. The van der Waals surface area contributed by atoms with Gasteiger partial charge in [-0.1, -0.05) is 12.5 Å². The van der Waals surface area contributed by atoms with Crippen LogP contribution in [-0.4, -0.2) is 68.0 Å². The molecule has 1 aromatic heterocycles. The minimum atomic E-state index is -0.221. The highest BCUT2D eigenvalue weighted by Crippen LogP contribution is 2.41. The van der Waals surface area contributed by atoms with Crippen LogP contribution in [0.4, 0.5) is 0 Å². The predicted molar refractivity (Wildman–Crippen MR) is 98.7 cm³/mol. The van der Waals surface area contributed by atoms with Crippen LogP contribution in [0.25, 0.3) is 0 Å². The summed E-state index contributed by atoms with van der Waals surface area (Å²) in [6.07, 6.45) is 8.10. The van der Waals surface area contributed by atoms with Gasteiger partial charge in [0.15, 0.2) is 5.82 Å². The number of fused-ring (bicyclic) bond motifs is 1. The van der Waals surface area contributed by atoms with E-state index in [0.29, 0.717) is 13.0 Å². The van der Waals surface area contributed by atoms with E-state index in [2.05, 4.69) is 22.1 Å². The number of hydrogen-bond donors (Lipinski definition) is 0. The maximum absolute atomic E-state index is 13.2. The second kappa shape index (κ2) is 7.40. The highest BCUT2D eigenvalue weighted by atomic mass is 16.2. The average Bonchev–Trinajstić information content (AvgIpc) is 3.05. The van der Waals surface area contributed by atoms with Crippen molar-refractivity contribution in [3.05, 3.63) is 18.5 Å². The molecule has 0 unspecified atom stereocenters. The molecule has 4 rings (SSSR count). The van der Waals surface area contributed by atoms with Gasteiger partial charge in [-0.25, -0.2) is 4.68 Å². The van der Waals surface area contributed by atoms with Gasteiger partial charge in [-0.3, -0.25) is 9.59 Å². The van der Waals surface area contributed by atoms with E-state index in [9.17, 15) is 9.59 Å². The molecule has 1 atom stereocenters. The van der Waals surface area contributed by atoms with Gasteiger partial charge in [0.25, 0.3) is 0 Å². The fraction of sp³-hybridized carbons (Fsp3) is 0.737. The quantitative estimate of drug-likeness (QED) is 0.748. The minimum absolute atomic E-state index is 0.152. The molecular weight excluding hydrogens is 344 g/mol. The topological polar surface area (TPSA) is 84.2 Å². The Hall–Kier alpha value is -2.25. The molecule has 8 heteroatoms. The van der Waals surface area contributed by atoms with Crippen LogP contribution in [0.5, 0.6) is 0 Å². The lowest BCUT2D eigenvalue weighted by atomic mass is 9.72. The summed E-state index contributed by atoms with van der Waals surface area (Å²) < 4.78 is 1.79. The largest absolute Gasteiger partial charge is 0.342 e. The molecule has 27 heavy (non-hydrogen) atoms. The number of carbonyl (C=O) groups is 2. The van der Waals surface area contributed by atoms with Crippen LogP contribution < -0.4 is 0 Å². The number of carbonyl (C=O) groups excluding carboxylic acids is 2. The third kappa shape index (κ3) is 3.49. The molecule has 1 aromatic rings. The fourth-order valence-corrected chi connectivity index (χ4v) is 4.85. The third-order valence-electron chi connectivity index (χ3n) is 6.52. The van der Waals surface area contributed by atoms with E-state index in [1.807, 2.05) is 9.80 Å². The first-order valence-electron chi connectivity index (χ1n) is 10.1. The number of aryl methyl sites for hydroxylation is 1. The zero-order chi connectivity index (χ0) is 18.9. The lowest BCUT2D eigenvalue weighted by molar-refractivity contribution is -0.142. The van der Waals surface area contributed by atoms with Crippen molar-refractivity contribution in [1.29, 1.82) is 0 Å². The number of tetrazole rings is 1. The van der Waals surface area contributed by atoms with E-state index in [0.717, 1.165) is 70.5 Å². The van der Waals surface area contributed by atoms with Crippen molar-refractivity contribution in [1.82, 2.24) is 30.0 Å². The number of rotatable bonds is 3. The van der Waals surface area contributed by atoms with Crippen LogP contribution in [0.1, 0.15) is 56.7 Å². The summed E-state index contributed by atoms with van der Waals surface area (Å²) in [5, 5.41) is 11.9. The molecule has 1 spiro atoms. The third-order valence-corrected chi connectivity index (χ3v) is 6.52. The van der Waals surface area contributed by atoms with Crippen molar-refractivity contribution in [2.45, 2.75) is 57.4 Å². The lowest BCUT2D eigenvalue weighted by Gasteiger charge is -2.47. The Morgan fingerprint density at radius 2 is 2.04 bits per heavy atom. The lowest BCUT2D eigenvalue weighted by Crippen LogP contribution is -2.52. The summed E-state index contributed by atoms with van der Waals surface area (Å²) >= 11 is 0. The van der Waals surface area contributed by atoms with Gasteiger partial charge in [0.2, 0.25) is 11.8 Å². The van der Waals surface area contributed by atoms with Gasteiger partial charge < -0.3 is 9.80 Å². The summed E-state index contributed by atoms with van der Waals surface area (Å²) in [6.45, 7) is 7.49. The van der Waals surface area contributed by atoms with E-state index in [1.165, 1.54) is 0 Å². The SMILES string of the molecule is C=CCN1CC2(CCC1=O)CCN(C(=O)[C@@H]1CCCCn3nnnc31)CC2. The normalized spacial score (nSPS) is 25.2. The summed E-state index contributed by atoms with van der Waals surface area (Å²) in [5.41, 5.74) is 0.152. The number of hydrogen-bond acceptors (Lipinski definition) is 5. The Morgan fingerprint density at radius 1 is 1.22 bits per heavy atom. The van der Waals surface area contributed by atoms with Gasteiger partial charge in [-0.2, -0.15) is 0 Å². The van der Waals surface area contributed by atoms with Crippen molar-refractivity contribution >= 4 is 11.8 Å². The summed E-state index contributed by atoms with van der Waals surface area (Å²) in [6, 6.07) is 0. The number of likely N-dealkylation sites (tertiary alicyclic amines) is 2. The van der Waals surface area contributed by atoms with E-state index in [1.54, 1.807) is 10.8 Å². The Kier molecular flexibility index (Phi) is 4.97.